The SMILES string of the molecule is O=C(CNC(=O)[C@@H]1COc2ccc(Cl)cc2C1)NC1CC1. The lowest BCUT2D eigenvalue weighted by atomic mass is 9.96. The summed E-state index contributed by atoms with van der Waals surface area (Å²) in [6.07, 6.45) is 2.65. The average molecular weight is 309 g/mol. The second-order valence-electron chi connectivity index (χ2n) is 5.52. The van der Waals surface area contributed by atoms with E-state index in [1.165, 1.54) is 0 Å². The van der Waals surface area contributed by atoms with Crippen molar-refractivity contribution in [3.05, 3.63) is 28.8 Å². The van der Waals surface area contributed by atoms with Crippen LogP contribution in [0, 0.1) is 5.92 Å². The Balaban J connectivity index is 1.52. The number of ether oxygens (including phenoxy) is 1. The molecule has 2 amide bonds. The minimum absolute atomic E-state index is 0.0221. The molecule has 2 aliphatic rings. The summed E-state index contributed by atoms with van der Waals surface area (Å²) in [5.41, 5.74) is 0.927. The van der Waals surface area contributed by atoms with Gasteiger partial charge in [0.05, 0.1) is 12.5 Å². The molecule has 1 atom stereocenters. The van der Waals surface area contributed by atoms with Crippen LogP contribution >= 0.6 is 11.6 Å². The van der Waals surface area contributed by atoms with Gasteiger partial charge in [-0.2, -0.15) is 0 Å². The van der Waals surface area contributed by atoms with E-state index in [4.69, 9.17) is 16.3 Å². The summed E-state index contributed by atoms with van der Waals surface area (Å²) in [5.74, 6) is 0.192. The fraction of sp³-hybridized carbons (Fsp3) is 0.467. The van der Waals surface area contributed by atoms with Crippen LogP contribution in [0.5, 0.6) is 5.75 Å². The van der Waals surface area contributed by atoms with Gasteiger partial charge < -0.3 is 15.4 Å². The van der Waals surface area contributed by atoms with Gasteiger partial charge in [-0.25, -0.2) is 0 Å². The fourth-order valence-corrected chi connectivity index (χ4v) is 2.54. The van der Waals surface area contributed by atoms with Crippen molar-refractivity contribution in [1.82, 2.24) is 10.6 Å². The summed E-state index contributed by atoms with van der Waals surface area (Å²) < 4.78 is 5.57. The number of halogens is 1. The Morgan fingerprint density at radius 1 is 1.33 bits per heavy atom. The summed E-state index contributed by atoms with van der Waals surface area (Å²) in [6.45, 7) is 0.346. The minimum Gasteiger partial charge on any atom is -0.492 e. The van der Waals surface area contributed by atoms with E-state index in [1.807, 2.05) is 12.1 Å². The highest BCUT2D eigenvalue weighted by Gasteiger charge is 2.27. The molecule has 0 unspecified atom stereocenters. The quantitative estimate of drug-likeness (QED) is 0.880. The number of carbonyl (C=O) groups excluding carboxylic acids is 2. The molecule has 0 saturated heterocycles. The van der Waals surface area contributed by atoms with E-state index in [1.54, 1.807) is 6.07 Å². The van der Waals surface area contributed by atoms with E-state index >= 15 is 0 Å². The Morgan fingerprint density at radius 3 is 2.90 bits per heavy atom. The molecule has 1 aromatic rings. The number of nitrogens with one attached hydrogen (secondary N) is 2. The van der Waals surface area contributed by atoms with Crippen LogP contribution in [0.15, 0.2) is 18.2 Å². The van der Waals surface area contributed by atoms with Gasteiger partial charge in [-0.1, -0.05) is 11.6 Å². The Bertz CT molecular complexity index is 572. The molecular formula is C15H17ClN2O3. The van der Waals surface area contributed by atoms with E-state index in [0.717, 1.165) is 24.2 Å². The first-order valence-electron chi connectivity index (χ1n) is 7.10. The Hall–Kier alpha value is -1.75. The van der Waals surface area contributed by atoms with Crippen molar-refractivity contribution in [1.29, 1.82) is 0 Å². The van der Waals surface area contributed by atoms with Crippen molar-refractivity contribution in [3.8, 4) is 5.75 Å². The van der Waals surface area contributed by atoms with Gasteiger partial charge in [-0.05, 0) is 43.0 Å². The molecule has 21 heavy (non-hydrogen) atoms. The van der Waals surface area contributed by atoms with Gasteiger partial charge in [-0.3, -0.25) is 9.59 Å². The van der Waals surface area contributed by atoms with Crippen molar-refractivity contribution in [2.24, 2.45) is 5.92 Å². The van der Waals surface area contributed by atoms with Crippen LogP contribution in [-0.4, -0.2) is 31.0 Å². The summed E-state index contributed by atoms with van der Waals surface area (Å²) in [7, 11) is 0. The third kappa shape index (κ3) is 3.67. The summed E-state index contributed by atoms with van der Waals surface area (Å²) in [4.78, 5) is 23.6. The smallest absolute Gasteiger partial charge is 0.239 e. The average Bonchev–Trinajstić information content (AvgIpc) is 3.27. The van der Waals surface area contributed by atoms with Gasteiger partial charge in [0.25, 0.3) is 0 Å². The van der Waals surface area contributed by atoms with Crippen molar-refractivity contribution in [2.75, 3.05) is 13.2 Å². The highest BCUT2D eigenvalue weighted by atomic mass is 35.5. The maximum atomic E-state index is 12.1. The fourth-order valence-electron chi connectivity index (χ4n) is 2.35. The summed E-state index contributed by atoms with van der Waals surface area (Å²) in [6, 6.07) is 5.70. The molecule has 1 fully saturated rings. The third-order valence-electron chi connectivity index (χ3n) is 3.67. The Labute approximate surface area is 128 Å². The van der Waals surface area contributed by atoms with Gasteiger partial charge in [0, 0.05) is 11.1 Å². The predicted molar refractivity (Wildman–Crippen MR) is 78.3 cm³/mol. The molecule has 3 rings (SSSR count). The molecule has 5 nitrogen and oxygen atoms in total. The van der Waals surface area contributed by atoms with Gasteiger partial charge in [-0.15, -0.1) is 0 Å². The maximum absolute atomic E-state index is 12.1. The van der Waals surface area contributed by atoms with Crippen molar-refractivity contribution >= 4 is 23.4 Å². The van der Waals surface area contributed by atoms with Crippen LogP contribution in [0.3, 0.4) is 0 Å². The zero-order valence-electron chi connectivity index (χ0n) is 11.5. The van der Waals surface area contributed by atoms with E-state index in [0.29, 0.717) is 24.1 Å². The number of carbonyl (C=O) groups is 2. The van der Waals surface area contributed by atoms with Gasteiger partial charge >= 0.3 is 0 Å². The molecule has 0 bridgehead atoms. The molecule has 112 valence electrons. The topological polar surface area (TPSA) is 67.4 Å². The minimum atomic E-state index is -0.287. The van der Waals surface area contributed by atoms with Gasteiger partial charge in [0.1, 0.15) is 12.4 Å². The highest BCUT2D eigenvalue weighted by Crippen LogP contribution is 2.29. The Morgan fingerprint density at radius 2 is 2.14 bits per heavy atom. The molecule has 0 spiro atoms. The number of amides is 2. The molecule has 1 aromatic carbocycles. The van der Waals surface area contributed by atoms with Gasteiger partial charge in [0.2, 0.25) is 11.8 Å². The van der Waals surface area contributed by atoms with Crippen LogP contribution in [0.25, 0.3) is 0 Å². The first-order valence-corrected chi connectivity index (χ1v) is 7.48. The molecule has 1 aliphatic heterocycles. The monoisotopic (exact) mass is 308 g/mol. The highest BCUT2D eigenvalue weighted by molar-refractivity contribution is 6.30. The van der Waals surface area contributed by atoms with Crippen molar-refractivity contribution < 1.29 is 14.3 Å². The number of hydrogen-bond acceptors (Lipinski definition) is 3. The molecule has 0 radical (unpaired) electrons. The van der Waals surface area contributed by atoms with Crippen LogP contribution in [0.1, 0.15) is 18.4 Å². The lowest BCUT2D eigenvalue weighted by Gasteiger charge is -2.24. The number of fused-ring (bicyclic) bond motifs is 1. The standard InChI is InChI=1S/C15H17ClN2O3/c16-11-1-4-13-9(6-11)5-10(8-21-13)15(20)17-7-14(19)18-12-2-3-12/h1,4,6,10,12H,2-3,5,7-8H2,(H,17,20)(H,18,19)/t10-/m0/s1. The first kappa shape index (κ1) is 14.2. The molecule has 2 N–H and O–H groups in total. The van der Waals surface area contributed by atoms with Crippen LogP contribution < -0.4 is 15.4 Å². The number of hydrogen-bond donors (Lipinski definition) is 2. The molecule has 6 heteroatoms. The zero-order chi connectivity index (χ0) is 14.8. The van der Waals surface area contributed by atoms with E-state index in [-0.39, 0.29) is 24.3 Å². The summed E-state index contributed by atoms with van der Waals surface area (Å²) in [5, 5.41) is 6.13. The predicted octanol–water partition coefficient (Wildman–Crippen LogP) is 1.29. The molecule has 1 heterocycles. The molecule has 0 aromatic heterocycles. The van der Waals surface area contributed by atoms with Gasteiger partial charge in [0.15, 0.2) is 0 Å². The van der Waals surface area contributed by atoms with Crippen LogP contribution in [0.2, 0.25) is 5.02 Å². The normalized spacial score (nSPS) is 20.1. The Kier molecular flexibility index (Phi) is 4.01. The number of benzene rings is 1. The van der Waals surface area contributed by atoms with E-state index in [2.05, 4.69) is 10.6 Å². The second-order valence-corrected chi connectivity index (χ2v) is 5.96. The van der Waals surface area contributed by atoms with Crippen molar-refractivity contribution in [3.63, 3.8) is 0 Å². The molecule has 1 saturated carbocycles. The maximum Gasteiger partial charge on any atom is 0.239 e. The second kappa shape index (κ2) is 5.93. The lowest BCUT2D eigenvalue weighted by molar-refractivity contribution is -0.129. The van der Waals surface area contributed by atoms with Crippen LogP contribution in [0.4, 0.5) is 0 Å². The van der Waals surface area contributed by atoms with Crippen LogP contribution in [-0.2, 0) is 16.0 Å². The van der Waals surface area contributed by atoms with Crippen molar-refractivity contribution in [2.45, 2.75) is 25.3 Å². The van der Waals surface area contributed by atoms with E-state index in [9.17, 15) is 9.59 Å². The molecular weight excluding hydrogens is 292 g/mol. The molecule has 1 aliphatic carbocycles. The number of rotatable bonds is 4. The lowest BCUT2D eigenvalue weighted by Crippen LogP contribution is -2.43. The van der Waals surface area contributed by atoms with E-state index < -0.39 is 0 Å². The third-order valence-corrected chi connectivity index (χ3v) is 3.90. The largest absolute Gasteiger partial charge is 0.492 e. The zero-order valence-corrected chi connectivity index (χ0v) is 12.3. The first-order chi connectivity index (χ1) is 10.1. The summed E-state index contributed by atoms with van der Waals surface area (Å²) >= 11 is 5.95.